The van der Waals surface area contributed by atoms with Crippen LogP contribution in [-0.2, 0) is 0 Å². The average Bonchev–Trinajstić information content (AvgIpc) is 2.85. The Hall–Kier alpha value is -1.55. The van der Waals surface area contributed by atoms with Gasteiger partial charge in [0.1, 0.15) is 10.4 Å². The van der Waals surface area contributed by atoms with Crippen LogP contribution in [-0.4, -0.2) is 7.11 Å². The lowest BCUT2D eigenvalue weighted by Crippen LogP contribution is -3.00. The van der Waals surface area contributed by atoms with Crippen molar-refractivity contribution < 1.29 is 21.5 Å². The summed E-state index contributed by atoms with van der Waals surface area (Å²) in [7, 11) is 1.69. The topological polar surface area (TPSA) is 13.3 Å². The molecule has 2 nitrogen and oxygen atoms in total. The van der Waals surface area contributed by atoms with Crippen molar-refractivity contribution in [1.29, 1.82) is 0 Å². The van der Waals surface area contributed by atoms with Crippen molar-refractivity contribution in [2.24, 2.45) is 0 Å². The predicted octanol–water partition coefficient (Wildman–Crippen LogP) is 1.46. The molecule has 0 atom stereocenters. The van der Waals surface area contributed by atoms with Crippen LogP contribution in [0.4, 0.5) is 0 Å². The molecule has 0 saturated carbocycles. The zero-order valence-electron chi connectivity index (χ0n) is 11.1. The van der Waals surface area contributed by atoms with Gasteiger partial charge in [-0.25, -0.2) is 0 Å². The zero-order valence-corrected chi connectivity index (χ0v) is 13.5. The highest BCUT2D eigenvalue weighted by molar-refractivity contribution is 7.23. The molecule has 0 unspecified atom stereocenters. The van der Waals surface area contributed by atoms with Crippen molar-refractivity contribution in [3.8, 4) is 5.75 Å². The molecule has 0 aliphatic rings. The number of nitrogens with zero attached hydrogens (tertiary/aromatic N) is 1. The molecular weight excluding hydrogens is 325 g/mol. The van der Waals surface area contributed by atoms with Crippen LogP contribution in [0.15, 0.2) is 48.5 Å². The van der Waals surface area contributed by atoms with Gasteiger partial charge in [-0.3, -0.25) is 0 Å². The molecule has 0 N–H and O–H groups in total. The summed E-state index contributed by atoms with van der Waals surface area (Å²) in [5.41, 5.74) is 2.31. The van der Waals surface area contributed by atoms with Gasteiger partial charge in [0.05, 0.1) is 17.5 Å². The number of benzene rings is 2. The SMILES string of the molecule is COc1ccc2c(c1)sc1ccc3c(Cl)cccc3[n+]12.[Cl-]. The highest BCUT2D eigenvalue weighted by atomic mass is 35.5. The Morgan fingerprint density at radius 2 is 1.90 bits per heavy atom. The van der Waals surface area contributed by atoms with Crippen molar-refractivity contribution in [3.63, 3.8) is 0 Å². The van der Waals surface area contributed by atoms with E-state index in [0.717, 1.165) is 21.7 Å². The molecule has 2 heterocycles. The van der Waals surface area contributed by atoms with Gasteiger partial charge in [0.15, 0.2) is 0 Å². The Labute approximate surface area is 136 Å². The zero-order chi connectivity index (χ0) is 13.7. The molecule has 2 aromatic heterocycles. The van der Waals surface area contributed by atoms with E-state index in [2.05, 4.69) is 34.7 Å². The number of rotatable bonds is 1. The van der Waals surface area contributed by atoms with E-state index in [4.69, 9.17) is 16.3 Å². The first-order valence-electron chi connectivity index (χ1n) is 6.27. The van der Waals surface area contributed by atoms with Crippen molar-refractivity contribution in [2.45, 2.75) is 0 Å². The number of hydrogen-bond acceptors (Lipinski definition) is 2. The number of methoxy groups -OCH3 is 1. The van der Waals surface area contributed by atoms with Gasteiger partial charge in [-0.1, -0.05) is 29.0 Å². The second-order valence-corrected chi connectivity index (χ2v) is 6.08. The largest absolute Gasteiger partial charge is 1.00 e. The van der Waals surface area contributed by atoms with E-state index in [1.165, 1.54) is 15.0 Å². The summed E-state index contributed by atoms with van der Waals surface area (Å²) in [4.78, 5) is 1.20. The normalized spacial score (nSPS) is 11.0. The molecule has 5 heteroatoms. The van der Waals surface area contributed by atoms with Crippen LogP contribution < -0.4 is 21.5 Å². The lowest BCUT2D eigenvalue weighted by Gasteiger charge is -1.97. The first kappa shape index (κ1) is 14.4. The van der Waals surface area contributed by atoms with E-state index >= 15 is 0 Å². The van der Waals surface area contributed by atoms with Gasteiger partial charge < -0.3 is 17.1 Å². The van der Waals surface area contributed by atoms with Crippen LogP contribution in [0.25, 0.3) is 25.9 Å². The molecule has 2 aromatic carbocycles. The van der Waals surface area contributed by atoms with Gasteiger partial charge in [-0.05, 0) is 18.2 Å². The Kier molecular flexibility index (Phi) is 3.66. The van der Waals surface area contributed by atoms with Crippen LogP contribution in [0, 0.1) is 0 Å². The van der Waals surface area contributed by atoms with E-state index in [9.17, 15) is 0 Å². The van der Waals surface area contributed by atoms with Crippen molar-refractivity contribution in [3.05, 3.63) is 53.6 Å². The fraction of sp³-hybridized carbons (Fsp3) is 0.0625. The second-order valence-electron chi connectivity index (χ2n) is 4.62. The molecule has 106 valence electrons. The summed E-state index contributed by atoms with van der Waals surface area (Å²) in [5.74, 6) is 0.881. The minimum Gasteiger partial charge on any atom is -1.00 e. The molecular formula is C16H11Cl2NOS. The van der Waals surface area contributed by atoms with Crippen molar-refractivity contribution in [1.82, 2.24) is 0 Å². The van der Waals surface area contributed by atoms with Crippen LogP contribution >= 0.6 is 22.9 Å². The molecule has 0 saturated heterocycles. The Morgan fingerprint density at radius 1 is 1.05 bits per heavy atom. The molecule has 21 heavy (non-hydrogen) atoms. The Balaban J connectivity index is 0.00000132. The standard InChI is InChI=1S/C16H11ClNOS.ClH/c1-19-10-5-7-14-15(9-10)20-16-8-6-11-12(17)3-2-4-13(11)18(14)16;/h2-9H,1H3;1H/q+1;/p-1. The first-order chi connectivity index (χ1) is 9.78. The fourth-order valence-corrected chi connectivity index (χ4v) is 3.88. The van der Waals surface area contributed by atoms with Gasteiger partial charge in [-0.2, -0.15) is 0 Å². The molecule has 0 amide bonds. The quantitative estimate of drug-likeness (QED) is 0.480. The minimum absolute atomic E-state index is 0. The van der Waals surface area contributed by atoms with E-state index in [0.29, 0.717) is 0 Å². The number of aromatic nitrogens is 1. The number of hydrogen-bond donors (Lipinski definition) is 0. The van der Waals surface area contributed by atoms with Gasteiger partial charge >= 0.3 is 0 Å². The van der Waals surface area contributed by atoms with E-state index < -0.39 is 0 Å². The molecule has 0 spiro atoms. The maximum atomic E-state index is 6.29. The highest BCUT2D eigenvalue weighted by Crippen LogP contribution is 2.29. The fourth-order valence-electron chi connectivity index (χ4n) is 2.56. The lowest BCUT2D eigenvalue weighted by molar-refractivity contribution is -0.446. The molecule has 0 aliphatic carbocycles. The second kappa shape index (κ2) is 5.34. The number of halogens is 2. The summed E-state index contributed by atoms with van der Waals surface area (Å²) in [6.07, 6.45) is 0. The van der Waals surface area contributed by atoms with E-state index in [1.54, 1.807) is 18.4 Å². The smallest absolute Gasteiger partial charge is 0.268 e. The third-order valence-corrected chi connectivity index (χ3v) is 4.91. The number of pyridine rings is 1. The van der Waals surface area contributed by atoms with Crippen molar-refractivity contribution in [2.75, 3.05) is 7.11 Å². The van der Waals surface area contributed by atoms with Crippen molar-refractivity contribution >= 4 is 48.9 Å². The maximum Gasteiger partial charge on any atom is 0.268 e. The lowest BCUT2D eigenvalue weighted by atomic mass is 10.2. The third-order valence-electron chi connectivity index (χ3n) is 3.51. The van der Waals surface area contributed by atoms with Crippen LogP contribution in [0.5, 0.6) is 5.75 Å². The average molecular weight is 336 g/mol. The Bertz CT molecular complexity index is 965. The Morgan fingerprint density at radius 3 is 2.71 bits per heavy atom. The first-order valence-corrected chi connectivity index (χ1v) is 7.47. The summed E-state index contributed by atoms with van der Waals surface area (Å²) >= 11 is 8.05. The van der Waals surface area contributed by atoms with Gasteiger partial charge in [0, 0.05) is 24.3 Å². The van der Waals surface area contributed by atoms with Gasteiger partial charge in [0.25, 0.3) is 4.83 Å². The predicted molar refractivity (Wildman–Crippen MR) is 84.1 cm³/mol. The molecule has 0 fully saturated rings. The molecule has 0 radical (unpaired) electrons. The van der Waals surface area contributed by atoms with Crippen LogP contribution in [0.1, 0.15) is 0 Å². The monoisotopic (exact) mass is 335 g/mol. The van der Waals surface area contributed by atoms with Gasteiger partial charge in [0.2, 0.25) is 11.0 Å². The minimum atomic E-state index is 0. The molecule has 0 bridgehead atoms. The van der Waals surface area contributed by atoms with E-state index in [1.807, 2.05) is 18.2 Å². The molecule has 0 aliphatic heterocycles. The summed E-state index contributed by atoms with van der Waals surface area (Å²) < 4.78 is 8.76. The van der Waals surface area contributed by atoms with Gasteiger partial charge in [-0.15, -0.1) is 4.40 Å². The summed E-state index contributed by atoms with van der Waals surface area (Å²) in [5, 5.41) is 1.85. The molecule has 4 aromatic rings. The maximum absolute atomic E-state index is 6.29. The summed E-state index contributed by atoms with van der Waals surface area (Å²) in [6, 6.07) is 16.4. The van der Waals surface area contributed by atoms with Crippen LogP contribution in [0.2, 0.25) is 5.02 Å². The highest BCUT2D eigenvalue weighted by Gasteiger charge is 2.18. The molecule has 4 rings (SSSR count). The number of ether oxygens (including phenoxy) is 1. The van der Waals surface area contributed by atoms with Crippen LogP contribution in [0.3, 0.4) is 0 Å². The number of fused-ring (bicyclic) bond motifs is 5. The number of thiazole rings is 1. The van der Waals surface area contributed by atoms with E-state index in [-0.39, 0.29) is 12.4 Å². The summed E-state index contributed by atoms with van der Waals surface area (Å²) in [6.45, 7) is 0. The third kappa shape index (κ3) is 2.13.